The molecule has 0 radical (unpaired) electrons. The van der Waals surface area contributed by atoms with Gasteiger partial charge in [-0.15, -0.1) is 0 Å². The van der Waals surface area contributed by atoms with Gasteiger partial charge in [-0.05, 0) is 44.4 Å². The molecule has 0 aliphatic carbocycles. The number of anilines is 1. The monoisotopic (exact) mass is 371 g/mol. The number of ether oxygens (including phenoxy) is 2. The molecule has 0 fully saturated rings. The van der Waals surface area contributed by atoms with Gasteiger partial charge < -0.3 is 25.0 Å². The van der Waals surface area contributed by atoms with Crippen molar-refractivity contribution in [2.75, 3.05) is 46.2 Å². The summed E-state index contributed by atoms with van der Waals surface area (Å²) in [5, 5.41) is 5.56. The van der Waals surface area contributed by atoms with Crippen LogP contribution >= 0.6 is 0 Å². The van der Waals surface area contributed by atoms with Gasteiger partial charge in [-0.25, -0.2) is 0 Å². The van der Waals surface area contributed by atoms with Crippen molar-refractivity contribution < 1.29 is 19.1 Å². The summed E-state index contributed by atoms with van der Waals surface area (Å²) < 4.78 is 10.7. The zero-order valence-corrected chi connectivity index (χ0v) is 15.8. The Morgan fingerprint density at radius 3 is 2.48 bits per heavy atom. The lowest BCUT2D eigenvalue weighted by Crippen LogP contribution is -2.31. The quantitative estimate of drug-likeness (QED) is 0.705. The minimum absolute atomic E-state index is 0.167. The molecule has 2 N–H and O–H groups in total. The number of hydrogen-bond acceptors (Lipinski definition) is 5. The van der Waals surface area contributed by atoms with Crippen LogP contribution in [0.5, 0.6) is 11.5 Å². The van der Waals surface area contributed by atoms with Crippen molar-refractivity contribution >= 4 is 17.5 Å². The summed E-state index contributed by atoms with van der Waals surface area (Å²) in [5.41, 5.74) is 1.01. The van der Waals surface area contributed by atoms with E-state index in [4.69, 9.17) is 9.47 Å². The van der Waals surface area contributed by atoms with Gasteiger partial charge in [0.15, 0.2) is 18.1 Å². The van der Waals surface area contributed by atoms with Crippen molar-refractivity contribution in [1.29, 1.82) is 0 Å². The number of carbonyl (C=O) groups excluding carboxylic acids is 2. The van der Waals surface area contributed by atoms with Crippen LogP contribution in [-0.2, 0) is 4.79 Å². The van der Waals surface area contributed by atoms with Gasteiger partial charge in [-0.1, -0.05) is 18.2 Å². The molecule has 2 aromatic rings. The first-order valence-electron chi connectivity index (χ1n) is 8.58. The van der Waals surface area contributed by atoms with Crippen LogP contribution in [-0.4, -0.2) is 57.6 Å². The molecule has 0 aliphatic rings. The van der Waals surface area contributed by atoms with Gasteiger partial charge in [-0.3, -0.25) is 9.59 Å². The van der Waals surface area contributed by atoms with Gasteiger partial charge >= 0.3 is 0 Å². The van der Waals surface area contributed by atoms with Crippen LogP contribution in [0.15, 0.2) is 48.5 Å². The maximum atomic E-state index is 12.2. The van der Waals surface area contributed by atoms with E-state index in [1.165, 1.54) is 7.11 Å². The second-order valence-corrected chi connectivity index (χ2v) is 6.13. The van der Waals surface area contributed by atoms with E-state index in [1.54, 1.807) is 42.5 Å². The molecule has 0 atom stereocenters. The molecule has 7 heteroatoms. The number of benzene rings is 2. The summed E-state index contributed by atoms with van der Waals surface area (Å²) in [6, 6.07) is 13.9. The van der Waals surface area contributed by atoms with Crippen molar-refractivity contribution in [3.8, 4) is 11.5 Å². The number of nitrogens with zero attached hydrogens (tertiary/aromatic N) is 1. The molecular weight excluding hydrogens is 346 g/mol. The molecule has 7 nitrogen and oxygen atoms in total. The van der Waals surface area contributed by atoms with Gasteiger partial charge in [0.1, 0.15) is 0 Å². The van der Waals surface area contributed by atoms with E-state index in [2.05, 4.69) is 10.6 Å². The van der Waals surface area contributed by atoms with Crippen molar-refractivity contribution in [3.63, 3.8) is 0 Å². The largest absolute Gasteiger partial charge is 0.493 e. The third-order valence-corrected chi connectivity index (χ3v) is 3.68. The molecule has 0 aromatic heterocycles. The summed E-state index contributed by atoms with van der Waals surface area (Å²) in [6.07, 6.45) is 0. The van der Waals surface area contributed by atoms with Crippen LogP contribution in [0.3, 0.4) is 0 Å². The van der Waals surface area contributed by atoms with Gasteiger partial charge in [-0.2, -0.15) is 0 Å². The number of rotatable bonds is 9. The lowest BCUT2D eigenvalue weighted by molar-refractivity contribution is -0.118. The van der Waals surface area contributed by atoms with Crippen molar-refractivity contribution in [2.24, 2.45) is 0 Å². The third-order valence-electron chi connectivity index (χ3n) is 3.68. The number of para-hydroxylation sites is 2. The zero-order chi connectivity index (χ0) is 19.6. The third kappa shape index (κ3) is 6.63. The van der Waals surface area contributed by atoms with E-state index in [9.17, 15) is 9.59 Å². The van der Waals surface area contributed by atoms with Gasteiger partial charge in [0.05, 0.1) is 7.11 Å². The van der Waals surface area contributed by atoms with E-state index in [-0.39, 0.29) is 18.4 Å². The Labute approximate surface area is 159 Å². The molecular formula is C20H25N3O4. The molecule has 0 spiro atoms. The first-order valence-corrected chi connectivity index (χ1v) is 8.58. The number of hydrogen-bond donors (Lipinski definition) is 2. The topological polar surface area (TPSA) is 79.9 Å². The van der Waals surface area contributed by atoms with Gasteiger partial charge in [0.2, 0.25) is 0 Å². The number of likely N-dealkylation sites (N-methyl/N-ethyl adjacent to an activating group) is 1. The number of amides is 2. The fraction of sp³-hybridized carbons (Fsp3) is 0.300. The maximum Gasteiger partial charge on any atom is 0.262 e. The molecule has 2 amide bonds. The SMILES string of the molecule is COc1ccccc1OCC(=O)Nc1cccc(C(=O)NCCN(C)C)c1. The fourth-order valence-electron chi connectivity index (χ4n) is 2.31. The lowest BCUT2D eigenvalue weighted by atomic mass is 10.2. The zero-order valence-electron chi connectivity index (χ0n) is 15.8. The average Bonchev–Trinajstić information content (AvgIpc) is 2.66. The van der Waals surface area contributed by atoms with Crippen molar-refractivity contribution in [2.45, 2.75) is 0 Å². The van der Waals surface area contributed by atoms with E-state index in [0.717, 1.165) is 6.54 Å². The summed E-state index contributed by atoms with van der Waals surface area (Å²) in [4.78, 5) is 26.3. The molecule has 0 saturated carbocycles. The molecule has 0 heterocycles. The minimum Gasteiger partial charge on any atom is -0.493 e. The predicted molar refractivity (Wildman–Crippen MR) is 104 cm³/mol. The minimum atomic E-state index is -0.328. The normalized spacial score (nSPS) is 10.4. The number of carbonyl (C=O) groups is 2. The highest BCUT2D eigenvalue weighted by Crippen LogP contribution is 2.25. The van der Waals surface area contributed by atoms with E-state index < -0.39 is 0 Å². The standard InChI is InChI=1S/C20H25N3O4/c1-23(2)12-11-21-20(25)15-7-6-8-16(13-15)22-19(24)14-27-18-10-5-4-9-17(18)26-3/h4-10,13H,11-12,14H2,1-3H3,(H,21,25)(H,22,24). The van der Waals surface area contributed by atoms with E-state index >= 15 is 0 Å². The average molecular weight is 371 g/mol. The van der Waals surface area contributed by atoms with Crippen LogP contribution in [0.25, 0.3) is 0 Å². The Bertz CT molecular complexity index is 777. The van der Waals surface area contributed by atoms with Crippen LogP contribution in [0.1, 0.15) is 10.4 Å². The van der Waals surface area contributed by atoms with Crippen molar-refractivity contribution in [3.05, 3.63) is 54.1 Å². The second kappa shape index (κ2) is 10.2. The highest BCUT2D eigenvalue weighted by Gasteiger charge is 2.10. The highest BCUT2D eigenvalue weighted by atomic mass is 16.5. The molecule has 2 aromatic carbocycles. The fourth-order valence-corrected chi connectivity index (χ4v) is 2.31. The molecule has 0 unspecified atom stereocenters. The van der Waals surface area contributed by atoms with E-state index in [1.807, 2.05) is 25.1 Å². The summed E-state index contributed by atoms with van der Waals surface area (Å²) in [7, 11) is 5.42. The Kier molecular flexibility index (Phi) is 7.63. The summed E-state index contributed by atoms with van der Waals surface area (Å²) in [5.74, 6) is 0.537. The number of nitrogens with one attached hydrogen (secondary N) is 2. The van der Waals surface area contributed by atoms with Crippen LogP contribution in [0, 0.1) is 0 Å². The first-order chi connectivity index (χ1) is 13.0. The summed E-state index contributed by atoms with van der Waals surface area (Å²) in [6.45, 7) is 1.14. The van der Waals surface area contributed by atoms with Crippen LogP contribution in [0.2, 0.25) is 0 Å². The highest BCUT2D eigenvalue weighted by molar-refractivity contribution is 5.97. The summed E-state index contributed by atoms with van der Waals surface area (Å²) >= 11 is 0. The smallest absolute Gasteiger partial charge is 0.262 e. The second-order valence-electron chi connectivity index (χ2n) is 6.13. The molecule has 2 rings (SSSR count). The predicted octanol–water partition coefficient (Wildman–Crippen LogP) is 2.00. The lowest BCUT2D eigenvalue weighted by Gasteiger charge is -2.12. The Morgan fingerprint density at radius 1 is 1.04 bits per heavy atom. The Balaban J connectivity index is 1.89. The van der Waals surface area contributed by atoms with Crippen LogP contribution < -0.4 is 20.1 Å². The molecule has 0 aliphatic heterocycles. The van der Waals surface area contributed by atoms with Crippen molar-refractivity contribution in [1.82, 2.24) is 10.2 Å². The Hall–Kier alpha value is -3.06. The first kappa shape index (κ1) is 20.3. The molecule has 0 saturated heterocycles. The van der Waals surface area contributed by atoms with Gasteiger partial charge in [0, 0.05) is 24.3 Å². The maximum absolute atomic E-state index is 12.2. The number of methoxy groups -OCH3 is 1. The molecule has 144 valence electrons. The van der Waals surface area contributed by atoms with Gasteiger partial charge in [0.25, 0.3) is 11.8 Å². The Morgan fingerprint density at radius 2 is 1.78 bits per heavy atom. The van der Waals surface area contributed by atoms with Crippen LogP contribution in [0.4, 0.5) is 5.69 Å². The molecule has 0 bridgehead atoms. The van der Waals surface area contributed by atoms with E-state index in [0.29, 0.717) is 29.3 Å². The molecule has 27 heavy (non-hydrogen) atoms.